The Morgan fingerprint density at radius 2 is 1.50 bits per heavy atom. The van der Waals surface area contributed by atoms with E-state index in [4.69, 9.17) is 0 Å². The minimum absolute atomic E-state index is 0.00954. The second-order valence-corrected chi connectivity index (χ2v) is 6.57. The Bertz CT molecular complexity index is 999. The number of carbonyl (C=O) groups excluding carboxylic acids is 1. The molecule has 3 nitrogen and oxygen atoms in total. The Morgan fingerprint density at radius 1 is 0.923 bits per heavy atom. The molecule has 0 atom stereocenters. The van der Waals surface area contributed by atoms with Crippen molar-refractivity contribution in [3.05, 3.63) is 89.0 Å². The number of fused-ring (bicyclic) bond motifs is 3. The van der Waals surface area contributed by atoms with Gasteiger partial charge in [-0.1, -0.05) is 48.5 Å². The van der Waals surface area contributed by atoms with E-state index in [9.17, 15) is 10.1 Å². The fraction of sp³-hybridized carbons (Fsp3) is 0.130. The zero-order chi connectivity index (χ0) is 18.1. The van der Waals surface area contributed by atoms with Gasteiger partial charge in [-0.05, 0) is 47.4 Å². The predicted molar refractivity (Wildman–Crippen MR) is 103 cm³/mol. The molecule has 0 bridgehead atoms. The number of nitriles is 1. The molecule has 0 aromatic heterocycles. The molecule has 0 amide bonds. The van der Waals surface area contributed by atoms with Crippen molar-refractivity contribution < 1.29 is 4.79 Å². The molecule has 0 aliphatic carbocycles. The molecule has 0 radical (unpaired) electrons. The fourth-order valence-electron chi connectivity index (χ4n) is 3.64. The highest BCUT2D eigenvalue weighted by atomic mass is 16.1. The molecule has 4 rings (SSSR count). The number of hydrogen-bond donors (Lipinski definition) is 0. The number of carbonyl (C=O) groups is 1. The van der Waals surface area contributed by atoms with Crippen molar-refractivity contribution in [3.8, 4) is 17.2 Å². The van der Waals surface area contributed by atoms with E-state index in [1.807, 2.05) is 18.2 Å². The van der Waals surface area contributed by atoms with Crippen LogP contribution < -0.4 is 4.90 Å². The van der Waals surface area contributed by atoms with Crippen molar-refractivity contribution >= 4 is 11.5 Å². The van der Waals surface area contributed by atoms with Crippen LogP contribution >= 0.6 is 0 Å². The molecule has 0 spiro atoms. The maximum absolute atomic E-state index is 12.2. The molecule has 0 saturated carbocycles. The molecular weight excluding hydrogens is 320 g/mol. The summed E-state index contributed by atoms with van der Waals surface area (Å²) in [6, 6.07) is 24.2. The summed E-state index contributed by atoms with van der Waals surface area (Å²) in [6.07, 6.45) is 0. The SMILES string of the molecule is CC(=O)c1ccc(C#N)cc1N1Cc2ccccc2-c2ccccc2C1. The summed E-state index contributed by atoms with van der Waals surface area (Å²) in [5, 5.41) is 9.31. The highest BCUT2D eigenvalue weighted by Crippen LogP contribution is 2.35. The van der Waals surface area contributed by atoms with E-state index in [-0.39, 0.29) is 5.78 Å². The Morgan fingerprint density at radius 3 is 2.04 bits per heavy atom. The standard InChI is InChI=1S/C23H18N2O/c1-16(26)20-11-10-17(13-24)12-23(20)25-14-18-6-2-4-8-21(18)22-9-5-3-7-19(22)15-25/h2-12H,14-15H2,1H3. The number of nitrogens with zero attached hydrogens (tertiary/aromatic N) is 2. The Kier molecular flexibility index (Phi) is 4.02. The first-order valence-electron chi connectivity index (χ1n) is 8.63. The predicted octanol–water partition coefficient (Wildman–Crippen LogP) is 4.95. The third-order valence-corrected chi connectivity index (χ3v) is 4.89. The van der Waals surface area contributed by atoms with E-state index >= 15 is 0 Å². The highest BCUT2D eigenvalue weighted by molar-refractivity contribution is 6.00. The lowest BCUT2D eigenvalue weighted by Gasteiger charge is -2.26. The molecule has 3 aromatic rings. The van der Waals surface area contributed by atoms with Gasteiger partial charge in [0.1, 0.15) is 0 Å². The lowest BCUT2D eigenvalue weighted by molar-refractivity contribution is 0.101. The van der Waals surface area contributed by atoms with Gasteiger partial charge in [0.15, 0.2) is 5.78 Å². The van der Waals surface area contributed by atoms with E-state index in [1.54, 1.807) is 19.1 Å². The van der Waals surface area contributed by atoms with Gasteiger partial charge in [0, 0.05) is 24.3 Å². The van der Waals surface area contributed by atoms with Crippen LogP contribution in [0.5, 0.6) is 0 Å². The zero-order valence-corrected chi connectivity index (χ0v) is 14.6. The van der Waals surface area contributed by atoms with Gasteiger partial charge < -0.3 is 4.90 Å². The van der Waals surface area contributed by atoms with Crippen LogP contribution in [-0.2, 0) is 13.1 Å². The van der Waals surface area contributed by atoms with E-state index in [0.29, 0.717) is 24.2 Å². The van der Waals surface area contributed by atoms with Gasteiger partial charge in [0.05, 0.1) is 11.6 Å². The van der Waals surface area contributed by atoms with Crippen LogP contribution in [0.1, 0.15) is 34.0 Å². The molecule has 0 fully saturated rings. The third kappa shape index (κ3) is 2.76. The molecule has 0 unspecified atom stereocenters. The molecule has 1 aliphatic rings. The van der Waals surface area contributed by atoms with Gasteiger partial charge in [-0.15, -0.1) is 0 Å². The van der Waals surface area contributed by atoms with Crippen LogP contribution in [0.25, 0.3) is 11.1 Å². The summed E-state index contributed by atoms with van der Waals surface area (Å²) in [5.74, 6) is 0.00954. The quantitative estimate of drug-likeness (QED) is 0.621. The first-order chi connectivity index (χ1) is 12.7. The van der Waals surface area contributed by atoms with Gasteiger partial charge >= 0.3 is 0 Å². The topological polar surface area (TPSA) is 44.1 Å². The summed E-state index contributed by atoms with van der Waals surface area (Å²) in [7, 11) is 0. The molecule has 1 aliphatic heterocycles. The van der Waals surface area contributed by atoms with Crippen molar-refractivity contribution in [2.75, 3.05) is 4.90 Å². The smallest absolute Gasteiger partial charge is 0.161 e. The van der Waals surface area contributed by atoms with Gasteiger partial charge in [0.2, 0.25) is 0 Å². The summed E-state index contributed by atoms with van der Waals surface area (Å²) in [6.45, 7) is 2.96. The maximum Gasteiger partial charge on any atom is 0.161 e. The van der Waals surface area contributed by atoms with Crippen molar-refractivity contribution in [2.45, 2.75) is 20.0 Å². The molecule has 126 valence electrons. The minimum Gasteiger partial charge on any atom is -0.362 e. The van der Waals surface area contributed by atoms with E-state index in [2.05, 4.69) is 47.4 Å². The zero-order valence-electron chi connectivity index (χ0n) is 14.6. The number of hydrogen-bond acceptors (Lipinski definition) is 3. The van der Waals surface area contributed by atoms with E-state index < -0.39 is 0 Å². The second-order valence-electron chi connectivity index (χ2n) is 6.57. The van der Waals surface area contributed by atoms with Crippen LogP contribution in [0, 0.1) is 11.3 Å². The maximum atomic E-state index is 12.2. The van der Waals surface area contributed by atoms with Crippen molar-refractivity contribution in [2.24, 2.45) is 0 Å². The van der Waals surface area contributed by atoms with Gasteiger partial charge in [-0.3, -0.25) is 4.79 Å². The first kappa shape index (κ1) is 16.1. The van der Waals surface area contributed by atoms with Crippen LogP contribution in [0.2, 0.25) is 0 Å². The Balaban J connectivity index is 1.91. The number of anilines is 1. The van der Waals surface area contributed by atoms with Gasteiger partial charge in [-0.25, -0.2) is 0 Å². The highest BCUT2D eigenvalue weighted by Gasteiger charge is 2.22. The summed E-state index contributed by atoms with van der Waals surface area (Å²) < 4.78 is 0. The normalized spacial score (nSPS) is 12.5. The third-order valence-electron chi connectivity index (χ3n) is 4.89. The Labute approximate surface area is 153 Å². The number of rotatable bonds is 2. The molecule has 1 heterocycles. The van der Waals surface area contributed by atoms with Gasteiger partial charge in [0.25, 0.3) is 0 Å². The van der Waals surface area contributed by atoms with E-state index in [0.717, 1.165) is 5.69 Å². The van der Waals surface area contributed by atoms with Crippen molar-refractivity contribution in [1.29, 1.82) is 5.26 Å². The summed E-state index contributed by atoms with van der Waals surface area (Å²) >= 11 is 0. The van der Waals surface area contributed by atoms with Crippen LogP contribution in [0.15, 0.2) is 66.7 Å². The summed E-state index contributed by atoms with van der Waals surface area (Å²) in [4.78, 5) is 14.4. The minimum atomic E-state index is 0.00954. The monoisotopic (exact) mass is 338 g/mol. The first-order valence-corrected chi connectivity index (χ1v) is 8.63. The number of benzene rings is 3. The molecule has 26 heavy (non-hydrogen) atoms. The molecule has 0 saturated heterocycles. The lowest BCUT2D eigenvalue weighted by atomic mass is 9.97. The lowest BCUT2D eigenvalue weighted by Crippen LogP contribution is -2.23. The summed E-state index contributed by atoms with van der Waals surface area (Å²) in [5.41, 5.74) is 6.93. The molecule has 0 N–H and O–H groups in total. The molecular formula is C23H18N2O. The number of ketones is 1. The average Bonchev–Trinajstić information content (AvgIpc) is 2.84. The van der Waals surface area contributed by atoms with Gasteiger partial charge in [-0.2, -0.15) is 5.26 Å². The van der Waals surface area contributed by atoms with Crippen LogP contribution in [-0.4, -0.2) is 5.78 Å². The molecule has 3 aromatic carbocycles. The number of Topliss-reactive ketones (excluding diaryl/α,β-unsaturated/α-hetero) is 1. The Hall–Kier alpha value is -3.38. The molecule has 3 heteroatoms. The largest absolute Gasteiger partial charge is 0.362 e. The average molecular weight is 338 g/mol. The van der Waals surface area contributed by atoms with Crippen LogP contribution in [0.3, 0.4) is 0 Å². The second kappa shape index (κ2) is 6.50. The fourth-order valence-corrected chi connectivity index (χ4v) is 3.64. The van der Waals surface area contributed by atoms with E-state index in [1.165, 1.54) is 22.3 Å². The van der Waals surface area contributed by atoms with Crippen molar-refractivity contribution in [1.82, 2.24) is 0 Å². The van der Waals surface area contributed by atoms with Crippen molar-refractivity contribution in [3.63, 3.8) is 0 Å². The van der Waals surface area contributed by atoms with Crippen LogP contribution in [0.4, 0.5) is 5.69 Å².